The number of hydrogen-bond acceptors (Lipinski definition) is 9. The Morgan fingerprint density at radius 3 is 2.22 bits per heavy atom. The number of hydrogen-bond donors (Lipinski definition) is 1. The number of nitrogens with zero attached hydrogens (tertiary/aromatic N) is 8. The standard InChI is InChI=1S/C25H31F2N9O/c1-32-2-4-35(5-3-32)24-14-20(33-6-8-34(9-7-33)22-15-37-16-22)13-23(29-24)30-25-28-17-36(31-25)21-11-18(26)10-19(27)12-21/h10-14,17,22H,2-9,15-16H2,1H3,(H,29,30,31). The number of nitrogens with one attached hydrogen (secondary N) is 1. The molecule has 1 aromatic carbocycles. The molecule has 3 aliphatic rings. The molecule has 0 saturated carbocycles. The van der Waals surface area contributed by atoms with Crippen molar-refractivity contribution in [1.29, 1.82) is 0 Å². The van der Waals surface area contributed by atoms with Crippen molar-refractivity contribution in [2.24, 2.45) is 0 Å². The highest BCUT2D eigenvalue weighted by Crippen LogP contribution is 2.28. The minimum Gasteiger partial charge on any atom is -0.378 e. The molecular formula is C25H31F2N9O. The molecule has 10 nitrogen and oxygen atoms in total. The third-order valence-electron chi connectivity index (χ3n) is 7.28. The first kappa shape index (κ1) is 24.0. The van der Waals surface area contributed by atoms with Gasteiger partial charge in [0.25, 0.3) is 0 Å². The predicted octanol–water partition coefficient (Wildman–Crippen LogP) is 1.96. The lowest BCUT2D eigenvalue weighted by atomic mass is 10.1. The highest BCUT2D eigenvalue weighted by Gasteiger charge is 2.29. The second-order valence-corrected chi connectivity index (χ2v) is 9.84. The molecule has 0 bridgehead atoms. The SMILES string of the molecule is CN1CCN(c2cc(N3CCN(C4COC4)CC3)cc(Nc3ncn(-c4cc(F)cc(F)c4)n3)n2)CC1. The molecule has 0 unspecified atom stereocenters. The smallest absolute Gasteiger partial charge is 0.248 e. The zero-order valence-electron chi connectivity index (χ0n) is 20.9. The molecule has 0 aliphatic carbocycles. The molecular weight excluding hydrogens is 480 g/mol. The van der Waals surface area contributed by atoms with Crippen LogP contribution in [0.25, 0.3) is 5.69 Å². The fraction of sp³-hybridized carbons (Fsp3) is 0.480. The molecule has 3 saturated heterocycles. The van der Waals surface area contributed by atoms with E-state index in [1.54, 1.807) is 0 Å². The van der Waals surface area contributed by atoms with Gasteiger partial charge in [-0.25, -0.2) is 18.4 Å². The van der Waals surface area contributed by atoms with Crippen molar-refractivity contribution >= 4 is 23.3 Å². The average Bonchev–Trinajstić information content (AvgIpc) is 3.32. The van der Waals surface area contributed by atoms with E-state index in [4.69, 9.17) is 9.72 Å². The fourth-order valence-corrected chi connectivity index (χ4v) is 4.96. The minimum atomic E-state index is -0.670. The Labute approximate surface area is 214 Å². The quantitative estimate of drug-likeness (QED) is 0.534. The Balaban J connectivity index is 1.24. The first-order chi connectivity index (χ1) is 18.0. The molecule has 3 aromatic rings. The van der Waals surface area contributed by atoms with Gasteiger partial charge in [-0.1, -0.05) is 0 Å². The summed E-state index contributed by atoms with van der Waals surface area (Å²) in [5, 5.41) is 7.57. The summed E-state index contributed by atoms with van der Waals surface area (Å²) in [7, 11) is 2.13. The summed E-state index contributed by atoms with van der Waals surface area (Å²) in [6.45, 7) is 9.29. The van der Waals surface area contributed by atoms with E-state index in [0.29, 0.717) is 17.8 Å². The van der Waals surface area contributed by atoms with Crippen LogP contribution < -0.4 is 15.1 Å². The third-order valence-corrected chi connectivity index (χ3v) is 7.28. The maximum atomic E-state index is 13.7. The fourth-order valence-electron chi connectivity index (χ4n) is 4.96. The van der Waals surface area contributed by atoms with Crippen LogP contribution in [0.2, 0.25) is 0 Å². The molecule has 37 heavy (non-hydrogen) atoms. The predicted molar refractivity (Wildman–Crippen MR) is 137 cm³/mol. The summed E-state index contributed by atoms with van der Waals surface area (Å²) in [4.78, 5) is 18.7. The van der Waals surface area contributed by atoms with Gasteiger partial charge < -0.3 is 24.8 Å². The molecule has 1 N–H and O–H groups in total. The maximum absolute atomic E-state index is 13.7. The number of aromatic nitrogens is 4. The van der Waals surface area contributed by atoms with Crippen LogP contribution in [0.3, 0.4) is 0 Å². The highest BCUT2D eigenvalue weighted by atomic mass is 19.1. The van der Waals surface area contributed by atoms with E-state index >= 15 is 0 Å². The van der Waals surface area contributed by atoms with Gasteiger partial charge in [0.05, 0.1) is 24.9 Å². The molecule has 0 radical (unpaired) electrons. The van der Waals surface area contributed by atoms with E-state index in [0.717, 1.165) is 83.1 Å². The summed E-state index contributed by atoms with van der Waals surface area (Å²) < 4.78 is 34.1. The van der Waals surface area contributed by atoms with E-state index < -0.39 is 11.6 Å². The molecule has 3 aliphatic heterocycles. The van der Waals surface area contributed by atoms with E-state index in [1.165, 1.54) is 23.1 Å². The number of pyridine rings is 1. The number of piperazine rings is 2. The zero-order valence-corrected chi connectivity index (χ0v) is 20.9. The molecule has 0 atom stereocenters. The summed E-state index contributed by atoms with van der Waals surface area (Å²) in [5.74, 6) is 0.500. The van der Waals surface area contributed by atoms with E-state index in [2.05, 4.69) is 48.1 Å². The average molecular weight is 512 g/mol. The first-order valence-electron chi connectivity index (χ1n) is 12.7. The van der Waals surface area contributed by atoms with Crippen LogP contribution in [-0.4, -0.2) is 108 Å². The van der Waals surface area contributed by atoms with Gasteiger partial charge in [-0.2, -0.15) is 4.98 Å². The topological polar surface area (TPSA) is 77.8 Å². The largest absolute Gasteiger partial charge is 0.378 e. The normalized spacial score (nSPS) is 19.8. The number of anilines is 4. The summed E-state index contributed by atoms with van der Waals surface area (Å²) >= 11 is 0. The van der Waals surface area contributed by atoms with Gasteiger partial charge in [-0.3, -0.25) is 4.90 Å². The number of likely N-dealkylation sites (N-methyl/N-ethyl adjacent to an activating group) is 1. The van der Waals surface area contributed by atoms with Gasteiger partial charge in [0.15, 0.2) is 0 Å². The molecule has 12 heteroatoms. The minimum absolute atomic E-state index is 0.257. The Bertz CT molecular complexity index is 1210. The number of benzene rings is 1. The lowest BCUT2D eigenvalue weighted by Crippen LogP contribution is -2.56. The molecule has 3 fully saturated rings. The molecule has 0 spiro atoms. The zero-order chi connectivity index (χ0) is 25.4. The monoisotopic (exact) mass is 511 g/mol. The second-order valence-electron chi connectivity index (χ2n) is 9.84. The Kier molecular flexibility index (Phi) is 6.61. The van der Waals surface area contributed by atoms with Crippen LogP contribution in [0.4, 0.5) is 32.1 Å². The van der Waals surface area contributed by atoms with Crippen molar-refractivity contribution in [3.8, 4) is 5.69 Å². The number of halogens is 2. The van der Waals surface area contributed by atoms with Crippen molar-refractivity contribution in [1.82, 2.24) is 29.5 Å². The Morgan fingerprint density at radius 1 is 0.838 bits per heavy atom. The van der Waals surface area contributed by atoms with Gasteiger partial charge in [0.1, 0.15) is 29.6 Å². The highest BCUT2D eigenvalue weighted by molar-refractivity contribution is 5.65. The number of ether oxygens (including phenoxy) is 1. The lowest BCUT2D eigenvalue weighted by molar-refractivity contribution is -0.0660. The van der Waals surface area contributed by atoms with E-state index in [1.807, 2.05) is 6.07 Å². The van der Waals surface area contributed by atoms with Crippen molar-refractivity contribution in [3.63, 3.8) is 0 Å². The Hall–Kier alpha value is -3.35. The Morgan fingerprint density at radius 2 is 1.54 bits per heavy atom. The maximum Gasteiger partial charge on any atom is 0.248 e. The van der Waals surface area contributed by atoms with Gasteiger partial charge >= 0.3 is 0 Å². The molecule has 0 amide bonds. The molecule has 2 aromatic heterocycles. The van der Waals surface area contributed by atoms with Gasteiger partial charge in [-0.15, -0.1) is 5.10 Å². The third kappa shape index (κ3) is 5.36. The van der Waals surface area contributed by atoms with Gasteiger partial charge in [-0.05, 0) is 19.2 Å². The van der Waals surface area contributed by atoms with E-state index in [9.17, 15) is 8.78 Å². The van der Waals surface area contributed by atoms with Crippen LogP contribution in [0.5, 0.6) is 0 Å². The van der Waals surface area contributed by atoms with Crippen LogP contribution in [0, 0.1) is 11.6 Å². The lowest BCUT2D eigenvalue weighted by Gasteiger charge is -2.43. The van der Waals surface area contributed by atoms with Crippen molar-refractivity contribution < 1.29 is 13.5 Å². The van der Waals surface area contributed by atoms with Crippen molar-refractivity contribution in [2.75, 3.05) is 87.7 Å². The number of rotatable bonds is 6. The summed E-state index contributed by atoms with van der Waals surface area (Å²) in [6, 6.07) is 7.98. The molecule has 5 heterocycles. The van der Waals surface area contributed by atoms with Crippen molar-refractivity contribution in [2.45, 2.75) is 6.04 Å². The van der Waals surface area contributed by atoms with Gasteiger partial charge in [0, 0.05) is 76.2 Å². The van der Waals surface area contributed by atoms with Crippen LogP contribution in [0.15, 0.2) is 36.7 Å². The second kappa shape index (κ2) is 10.2. The summed E-state index contributed by atoms with van der Waals surface area (Å²) in [5.41, 5.74) is 1.36. The van der Waals surface area contributed by atoms with Gasteiger partial charge in [0.2, 0.25) is 5.95 Å². The summed E-state index contributed by atoms with van der Waals surface area (Å²) in [6.07, 6.45) is 1.42. The molecule has 196 valence electrons. The van der Waals surface area contributed by atoms with Crippen LogP contribution in [0.1, 0.15) is 0 Å². The van der Waals surface area contributed by atoms with Crippen LogP contribution in [-0.2, 0) is 4.74 Å². The first-order valence-corrected chi connectivity index (χ1v) is 12.7. The van der Waals surface area contributed by atoms with E-state index in [-0.39, 0.29) is 5.69 Å². The van der Waals surface area contributed by atoms with Crippen molar-refractivity contribution in [3.05, 3.63) is 48.3 Å². The van der Waals surface area contributed by atoms with Crippen LogP contribution >= 0.6 is 0 Å². The molecule has 6 rings (SSSR count).